The summed E-state index contributed by atoms with van der Waals surface area (Å²) in [6, 6.07) is 3.91. The highest BCUT2D eigenvalue weighted by Crippen LogP contribution is 2.46. The Kier molecular flexibility index (Phi) is 6.27. The molecule has 3 aliphatic heterocycles. The molecule has 2 saturated heterocycles. The molecule has 3 aliphatic rings. The molecule has 4 heterocycles. The van der Waals surface area contributed by atoms with E-state index in [1.165, 1.54) is 18.2 Å². The fourth-order valence-corrected chi connectivity index (χ4v) is 5.74. The van der Waals surface area contributed by atoms with Gasteiger partial charge in [0.25, 0.3) is 5.91 Å². The Hall–Kier alpha value is -2.62. The number of anilines is 1. The lowest BCUT2D eigenvalue weighted by atomic mass is 9.98. The molecule has 188 valence electrons. The summed E-state index contributed by atoms with van der Waals surface area (Å²) in [4.78, 5) is 24.9. The number of likely N-dealkylation sites (N-methyl/N-ethyl adjacent to an activating group) is 1. The number of halogens is 2. The van der Waals surface area contributed by atoms with E-state index in [-0.39, 0.29) is 51.9 Å². The van der Waals surface area contributed by atoms with E-state index in [1.54, 1.807) is 0 Å². The largest absolute Gasteiger partial charge is 0.507 e. The van der Waals surface area contributed by atoms with Crippen molar-refractivity contribution in [3.05, 3.63) is 34.6 Å². The van der Waals surface area contributed by atoms with E-state index in [1.807, 2.05) is 4.90 Å². The minimum Gasteiger partial charge on any atom is -0.507 e. The van der Waals surface area contributed by atoms with Gasteiger partial charge in [-0.05, 0) is 32.5 Å². The number of rotatable bonds is 3. The topological polar surface area (TPSA) is 81.2 Å². The third kappa shape index (κ3) is 4.09. The van der Waals surface area contributed by atoms with Crippen molar-refractivity contribution in [2.45, 2.75) is 32.4 Å². The molecule has 1 atom stereocenters. The highest BCUT2D eigenvalue weighted by Gasteiger charge is 2.41. The third-order valence-corrected chi connectivity index (χ3v) is 7.65. The van der Waals surface area contributed by atoms with Crippen LogP contribution in [0.5, 0.6) is 11.5 Å². The van der Waals surface area contributed by atoms with Crippen molar-refractivity contribution in [2.24, 2.45) is 0 Å². The second-order valence-electron chi connectivity index (χ2n) is 9.92. The summed E-state index contributed by atoms with van der Waals surface area (Å²) in [5.74, 6) is -0.501. The molecule has 0 saturated carbocycles. The molecule has 2 fully saturated rings. The second kappa shape index (κ2) is 9.11. The normalized spacial score (nSPS) is 22.3. The lowest BCUT2D eigenvalue weighted by Gasteiger charge is -2.47. The van der Waals surface area contributed by atoms with Crippen molar-refractivity contribution in [1.29, 1.82) is 0 Å². The van der Waals surface area contributed by atoms with E-state index in [2.05, 4.69) is 35.9 Å². The third-order valence-electron chi connectivity index (χ3n) is 7.30. The quantitative estimate of drug-likeness (QED) is 0.666. The van der Waals surface area contributed by atoms with E-state index < -0.39 is 5.82 Å². The van der Waals surface area contributed by atoms with Gasteiger partial charge in [0.1, 0.15) is 40.3 Å². The molecule has 2 N–H and O–H groups in total. The Morgan fingerprint density at radius 2 is 2.09 bits per heavy atom. The number of fused-ring (bicyclic) bond motifs is 2. The molecular formula is C25H31ClFN5O3. The maximum atomic E-state index is 14.9. The molecule has 0 bridgehead atoms. The van der Waals surface area contributed by atoms with Gasteiger partial charge in [-0.1, -0.05) is 24.6 Å². The van der Waals surface area contributed by atoms with Crippen LogP contribution in [-0.2, 0) is 0 Å². The van der Waals surface area contributed by atoms with Gasteiger partial charge in [-0.3, -0.25) is 9.69 Å². The standard InChI is InChI=1S/C25H31ClFN5O3/c1-4-31-11-10-30(14-25(31,2)3)23-19-22(35-13-15-12-28-8-9-32(15)24(19)34)20(26)21(29-23)18-16(27)6-5-7-17(18)33/h5-7,15,28,33H,4,8-14H2,1-3H3/t15-/m1/s1. The van der Waals surface area contributed by atoms with Gasteiger partial charge in [0, 0.05) is 44.8 Å². The second-order valence-corrected chi connectivity index (χ2v) is 10.3. The average molecular weight is 504 g/mol. The molecule has 1 aromatic carbocycles. The monoisotopic (exact) mass is 503 g/mol. The molecule has 1 amide bonds. The van der Waals surface area contributed by atoms with E-state index >= 15 is 0 Å². The Labute approximate surface area is 209 Å². The maximum absolute atomic E-state index is 14.9. The number of phenolic OH excluding ortho intramolecular Hbond substituents is 1. The number of aromatic hydroxyl groups is 1. The molecule has 0 aliphatic carbocycles. The molecule has 2 aromatic rings. The zero-order valence-electron chi connectivity index (χ0n) is 20.3. The fraction of sp³-hybridized carbons (Fsp3) is 0.520. The van der Waals surface area contributed by atoms with Crippen LogP contribution in [0.2, 0.25) is 5.02 Å². The molecule has 35 heavy (non-hydrogen) atoms. The average Bonchev–Trinajstić information content (AvgIpc) is 2.97. The van der Waals surface area contributed by atoms with Crippen molar-refractivity contribution in [3.63, 3.8) is 0 Å². The Bertz CT molecular complexity index is 1140. The van der Waals surface area contributed by atoms with Crippen molar-refractivity contribution in [3.8, 4) is 22.8 Å². The van der Waals surface area contributed by atoms with Crippen molar-refractivity contribution in [1.82, 2.24) is 20.1 Å². The minimum absolute atomic E-state index is 0.0248. The van der Waals surface area contributed by atoms with Crippen molar-refractivity contribution < 1.29 is 19.0 Å². The molecule has 0 radical (unpaired) electrons. The number of phenols is 1. The van der Waals surface area contributed by atoms with Gasteiger partial charge in [-0.2, -0.15) is 0 Å². The summed E-state index contributed by atoms with van der Waals surface area (Å²) < 4.78 is 21.1. The first-order valence-electron chi connectivity index (χ1n) is 12.1. The predicted octanol–water partition coefficient (Wildman–Crippen LogP) is 2.97. The van der Waals surface area contributed by atoms with Crippen LogP contribution in [0, 0.1) is 5.82 Å². The van der Waals surface area contributed by atoms with Crippen LogP contribution < -0.4 is 15.0 Å². The SMILES string of the molecule is CCN1CCN(c2nc(-c3c(O)cccc3F)c(Cl)c3c2C(=O)N2CCNC[C@@H]2CO3)CC1(C)C. The zero-order chi connectivity index (χ0) is 24.9. The summed E-state index contributed by atoms with van der Waals surface area (Å²) in [7, 11) is 0. The summed E-state index contributed by atoms with van der Waals surface area (Å²) in [5.41, 5.74) is 0.0956. The molecule has 0 unspecified atom stereocenters. The summed E-state index contributed by atoms with van der Waals surface area (Å²) in [5, 5.41) is 13.8. The predicted molar refractivity (Wildman–Crippen MR) is 133 cm³/mol. The van der Waals surface area contributed by atoms with Crippen LogP contribution >= 0.6 is 11.6 Å². The van der Waals surface area contributed by atoms with Crippen LogP contribution in [0.3, 0.4) is 0 Å². The number of nitrogens with one attached hydrogen (secondary N) is 1. The van der Waals surface area contributed by atoms with E-state index in [4.69, 9.17) is 21.3 Å². The van der Waals surface area contributed by atoms with Gasteiger partial charge >= 0.3 is 0 Å². The van der Waals surface area contributed by atoms with E-state index in [0.717, 1.165) is 13.1 Å². The number of carbonyl (C=O) groups excluding carboxylic acids is 1. The van der Waals surface area contributed by atoms with E-state index in [9.17, 15) is 14.3 Å². The number of hydrogen-bond donors (Lipinski definition) is 2. The first kappa shape index (κ1) is 24.1. The molecule has 8 nitrogen and oxygen atoms in total. The van der Waals surface area contributed by atoms with Gasteiger partial charge in [-0.25, -0.2) is 9.37 Å². The number of ether oxygens (including phenoxy) is 1. The number of benzene rings is 1. The summed E-state index contributed by atoms with van der Waals surface area (Å²) in [6.45, 7) is 11.5. The minimum atomic E-state index is -0.650. The zero-order valence-corrected chi connectivity index (χ0v) is 21.0. The van der Waals surface area contributed by atoms with E-state index in [0.29, 0.717) is 44.1 Å². The summed E-state index contributed by atoms with van der Waals surface area (Å²) in [6.07, 6.45) is 0. The van der Waals surface area contributed by atoms with Crippen molar-refractivity contribution in [2.75, 3.05) is 57.3 Å². The Balaban J connectivity index is 1.71. The van der Waals surface area contributed by atoms with Crippen LogP contribution in [0.1, 0.15) is 31.1 Å². The lowest BCUT2D eigenvalue weighted by Crippen LogP contribution is -2.59. The first-order valence-corrected chi connectivity index (χ1v) is 12.5. The fourth-order valence-electron chi connectivity index (χ4n) is 5.46. The number of carbonyl (C=O) groups is 1. The number of piperazine rings is 2. The smallest absolute Gasteiger partial charge is 0.261 e. The van der Waals surface area contributed by atoms with Crippen LogP contribution in [0.25, 0.3) is 11.3 Å². The summed E-state index contributed by atoms with van der Waals surface area (Å²) >= 11 is 6.77. The van der Waals surface area contributed by atoms with Gasteiger partial charge in [0.2, 0.25) is 0 Å². The van der Waals surface area contributed by atoms with Crippen LogP contribution in [0.4, 0.5) is 10.2 Å². The van der Waals surface area contributed by atoms with Gasteiger partial charge in [0.15, 0.2) is 5.75 Å². The van der Waals surface area contributed by atoms with Gasteiger partial charge in [-0.15, -0.1) is 0 Å². The molecule has 1 aromatic heterocycles. The lowest BCUT2D eigenvalue weighted by molar-refractivity contribution is 0.0605. The molecular weight excluding hydrogens is 473 g/mol. The van der Waals surface area contributed by atoms with Gasteiger partial charge < -0.3 is 25.0 Å². The maximum Gasteiger partial charge on any atom is 0.261 e. The highest BCUT2D eigenvalue weighted by atomic mass is 35.5. The highest BCUT2D eigenvalue weighted by molar-refractivity contribution is 6.35. The molecule has 0 spiro atoms. The number of amides is 1. The van der Waals surface area contributed by atoms with Crippen molar-refractivity contribution >= 4 is 23.3 Å². The molecule has 5 rings (SSSR count). The Morgan fingerprint density at radius 1 is 1.29 bits per heavy atom. The van der Waals surface area contributed by atoms with Crippen LogP contribution in [-0.4, -0.2) is 89.8 Å². The number of hydrogen-bond acceptors (Lipinski definition) is 7. The Morgan fingerprint density at radius 3 is 2.80 bits per heavy atom. The van der Waals surface area contributed by atoms with Crippen LogP contribution in [0.15, 0.2) is 18.2 Å². The molecule has 10 heteroatoms. The van der Waals surface area contributed by atoms with Gasteiger partial charge in [0.05, 0.1) is 11.6 Å². The first-order chi connectivity index (χ1) is 16.7. The number of nitrogens with zero attached hydrogens (tertiary/aromatic N) is 4. The number of aromatic nitrogens is 1. The number of pyridine rings is 1.